The van der Waals surface area contributed by atoms with Crippen molar-refractivity contribution < 1.29 is 18.3 Å². The maximum Gasteiger partial charge on any atom is 0.242 e. The number of hydrogen-bond acceptors (Lipinski definition) is 4. The van der Waals surface area contributed by atoms with Gasteiger partial charge in [-0.05, 0) is 24.6 Å². The molecule has 102 valence electrons. The Hall–Kier alpha value is -0.950. The molecule has 0 aliphatic rings. The maximum atomic E-state index is 12.2. The molecule has 18 heavy (non-hydrogen) atoms. The molecule has 0 aromatic heterocycles. The molecule has 0 amide bonds. The van der Waals surface area contributed by atoms with Crippen molar-refractivity contribution in [3.8, 4) is 0 Å². The summed E-state index contributed by atoms with van der Waals surface area (Å²) in [5.74, 6) is 0. The molecule has 0 radical (unpaired) electrons. The molecule has 0 spiro atoms. The van der Waals surface area contributed by atoms with Crippen molar-refractivity contribution in [3.63, 3.8) is 0 Å². The van der Waals surface area contributed by atoms with Gasteiger partial charge in [0.05, 0.1) is 17.6 Å². The van der Waals surface area contributed by atoms with Crippen molar-refractivity contribution >= 4 is 10.0 Å². The lowest BCUT2D eigenvalue weighted by molar-refractivity contribution is 0.0554. The fourth-order valence-electron chi connectivity index (χ4n) is 1.60. The quantitative estimate of drug-likeness (QED) is 0.825. The molecule has 0 aliphatic carbocycles. The number of aliphatic hydroxyl groups excluding tert-OH is 1. The van der Waals surface area contributed by atoms with Gasteiger partial charge in [-0.25, -0.2) is 8.42 Å². The van der Waals surface area contributed by atoms with Crippen LogP contribution < -0.4 is 0 Å². The number of aliphatic hydroxyl groups is 1. The highest BCUT2D eigenvalue weighted by Crippen LogP contribution is 2.15. The van der Waals surface area contributed by atoms with Gasteiger partial charge in [0, 0.05) is 20.7 Å². The molecule has 1 aromatic carbocycles. The van der Waals surface area contributed by atoms with Crippen molar-refractivity contribution in [2.24, 2.45) is 0 Å². The van der Waals surface area contributed by atoms with E-state index >= 15 is 0 Å². The number of rotatable bonds is 6. The topological polar surface area (TPSA) is 66.8 Å². The third kappa shape index (κ3) is 3.78. The summed E-state index contributed by atoms with van der Waals surface area (Å²) in [5.41, 5.74) is 0.877. The van der Waals surface area contributed by atoms with E-state index in [2.05, 4.69) is 0 Å². The summed E-state index contributed by atoms with van der Waals surface area (Å²) in [6, 6.07) is 6.68. The second-order valence-electron chi connectivity index (χ2n) is 4.21. The van der Waals surface area contributed by atoms with Gasteiger partial charge in [0.15, 0.2) is 0 Å². The van der Waals surface area contributed by atoms with E-state index in [1.807, 2.05) is 13.0 Å². The minimum absolute atomic E-state index is 0.00408. The van der Waals surface area contributed by atoms with E-state index in [4.69, 9.17) is 4.74 Å². The standard InChI is InChI=1S/C12H19NO4S/c1-10-5-4-6-12(7-10)18(15,16)13(2)8-11(14)9-17-3/h4-7,11,14H,8-9H2,1-3H3. The minimum atomic E-state index is -3.56. The summed E-state index contributed by atoms with van der Waals surface area (Å²) in [7, 11) is -0.659. The van der Waals surface area contributed by atoms with Gasteiger partial charge >= 0.3 is 0 Å². The average Bonchev–Trinajstić information content (AvgIpc) is 2.29. The molecule has 1 unspecified atom stereocenters. The van der Waals surface area contributed by atoms with Crippen LogP contribution in [0.5, 0.6) is 0 Å². The number of hydrogen-bond donors (Lipinski definition) is 1. The Morgan fingerprint density at radius 2 is 2.11 bits per heavy atom. The van der Waals surface area contributed by atoms with E-state index in [1.54, 1.807) is 18.2 Å². The molecule has 1 aromatic rings. The molecule has 6 heteroatoms. The Kier molecular flexibility index (Phi) is 5.28. The number of likely N-dealkylation sites (N-methyl/N-ethyl adjacent to an activating group) is 1. The Bertz CT molecular complexity index is 487. The first-order chi connectivity index (χ1) is 8.37. The summed E-state index contributed by atoms with van der Waals surface area (Å²) in [5, 5.41) is 9.55. The third-order valence-electron chi connectivity index (χ3n) is 2.52. The van der Waals surface area contributed by atoms with E-state index < -0.39 is 16.1 Å². The van der Waals surface area contributed by atoms with Crippen LogP contribution in [0.4, 0.5) is 0 Å². The van der Waals surface area contributed by atoms with Crippen LogP contribution in [0.1, 0.15) is 5.56 Å². The average molecular weight is 273 g/mol. The van der Waals surface area contributed by atoms with Crippen LogP contribution in [0, 0.1) is 6.92 Å². The lowest BCUT2D eigenvalue weighted by Crippen LogP contribution is -2.36. The Morgan fingerprint density at radius 1 is 1.44 bits per heavy atom. The minimum Gasteiger partial charge on any atom is -0.389 e. The van der Waals surface area contributed by atoms with Crippen LogP contribution in [0.25, 0.3) is 0 Å². The number of aryl methyl sites for hydroxylation is 1. The number of methoxy groups -OCH3 is 1. The third-order valence-corrected chi connectivity index (χ3v) is 4.34. The molecule has 0 bridgehead atoms. The molecule has 0 aliphatic heterocycles. The lowest BCUT2D eigenvalue weighted by Gasteiger charge is -2.20. The van der Waals surface area contributed by atoms with Crippen LogP contribution in [-0.2, 0) is 14.8 Å². The number of nitrogens with zero attached hydrogens (tertiary/aromatic N) is 1. The van der Waals surface area contributed by atoms with Crippen molar-refractivity contribution in [1.82, 2.24) is 4.31 Å². The molecule has 1 N–H and O–H groups in total. The van der Waals surface area contributed by atoms with Gasteiger partial charge < -0.3 is 9.84 Å². The van der Waals surface area contributed by atoms with Crippen LogP contribution >= 0.6 is 0 Å². The first-order valence-electron chi connectivity index (χ1n) is 5.58. The van der Waals surface area contributed by atoms with Crippen LogP contribution in [0.2, 0.25) is 0 Å². The fraction of sp³-hybridized carbons (Fsp3) is 0.500. The number of sulfonamides is 1. The van der Waals surface area contributed by atoms with Crippen LogP contribution in [0.3, 0.4) is 0 Å². The zero-order chi connectivity index (χ0) is 13.8. The predicted octanol–water partition coefficient (Wildman–Crippen LogP) is 0.623. The summed E-state index contributed by atoms with van der Waals surface area (Å²) in [6.45, 7) is 1.94. The van der Waals surface area contributed by atoms with Crippen molar-refractivity contribution in [1.29, 1.82) is 0 Å². The second-order valence-corrected chi connectivity index (χ2v) is 6.26. The smallest absolute Gasteiger partial charge is 0.242 e. The van der Waals surface area contributed by atoms with Gasteiger partial charge in [-0.1, -0.05) is 12.1 Å². The summed E-state index contributed by atoms with van der Waals surface area (Å²) >= 11 is 0. The molecular weight excluding hydrogens is 254 g/mol. The first kappa shape index (κ1) is 15.1. The Balaban J connectivity index is 2.86. The SMILES string of the molecule is COCC(O)CN(C)S(=O)(=O)c1cccc(C)c1. The molecule has 5 nitrogen and oxygen atoms in total. The lowest BCUT2D eigenvalue weighted by atomic mass is 10.2. The van der Waals surface area contributed by atoms with Gasteiger partial charge in [-0.15, -0.1) is 0 Å². The summed E-state index contributed by atoms with van der Waals surface area (Å²) in [6.07, 6.45) is -0.834. The highest BCUT2D eigenvalue weighted by Gasteiger charge is 2.22. The molecule has 1 rings (SSSR count). The highest BCUT2D eigenvalue weighted by atomic mass is 32.2. The Labute approximate surface area is 108 Å². The predicted molar refractivity (Wildman–Crippen MR) is 68.9 cm³/mol. The van der Waals surface area contributed by atoms with Crippen molar-refractivity contribution in [2.45, 2.75) is 17.9 Å². The fourth-order valence-corrected chi connectivity index (χ4v) is 2.91. The van der Waals surface area contributed by atoms with E-state index in [0.717, 1.165) is 9.87 Å². The second kappa shape index (κ2) is 6.29. The van der Waals surface area contributed by atoms with E-state index in [9.17, 15) is 13.5 Å². The zero-order valence-corrected chi connectivity index (χ0v) is 11.6. The number of ether oxygens (including phenoxy) is 1. The Morgan fingerprint density at radius 3 is 2.67 bits per heavy atom. The monoisotopic (exact) mass is 273 g/mol. The molecule has 1 atom stereocenters. The molecule has 0 saturated heterocycles. The largest absolute Gasteiger partial charge is 0.389 e. The van der Waals surface area contributed by atoms with Gasteiger partial charge in [0.2, 0.25) is 10.0 Å². The molecule has 0 fully saturated rings. The number of benzene rings is 1. The molecular formula is C12H19NO4S. The summed E-state index contributed by atoms with van der Waals surface area (Å²) in [4.78, 5) is 0.231. The van der Waals surface area contributed by atoms with Gasteiger partial charge in [-0.2, -0.15) is 4.31 Å². The highest BCUT2D eigenvalue weighted by molar-refractivity contribution is 7.89. The first-order valence-corrected chi connectivity index (χ1v) is 7.02. The van der Waals surface area contributed by atoms with Crippen LogP contribution in [-0.4, -0.2) is 51.2 Å². The molecule has 0 saturated carbocycles. The maximum absolute atomic E-state index is 12.2. The van der Waals surface area contributed by atoms with Crippen LogP contribution in [0.15, 0.2) is 29.2 Å². The van der Waals surface area contributed by atoms with Crippen molar-refractivity contribution in [3.05, 3.63) is 29.8 Å². The van der Waals surface area contributed by atoms with E-state index in [1.165, 1.54) is 14.2 Å². The molecule has 0 heterocycles. The van der Waals surface area contributed by atoms with E-state index in [0.29, 0.717) is 0 Å². The van der Waals surface area contributed by atoms with Gasteiger partial charge in [0.25, 0.3) is 0 Å². The zero-order valence-electron chi connectivity index (χ0n) is 10.8. The normalized spacial score (nSPS) is 13.8. The summed E-state index contributed by atoms with van der Waals surface area (Å²) < 4.78 is 30.3. The van der Waals surface area contributed by atoms with E-state index in [-0.39, 0.29) is 18.0 Å². The van der Waals surface area contributed by atoms with Gasteiger partial charge in [-0.3, -0.25) is 0 Å². The van der Waals surface area contributed by atoms with Gasteiger partial charge in [0.1, 0.15) is 0 Å². The van der Waals surface area contributed by atoms with Crippen molar-refractivity contribution in [2.75, 3.05) is 27.3 Å².